The number of rotatable bonds is 6. The van der Waals surface area contributed by atoms with Crippen molar-refractivity contribution in [1.29, 1.82) is 0 Å². The first-order valence-electron chi connectivity index (χ1n) is 10.9. The number of hydrogen-bond donors (Lipinski definition) is 2. The van der Waals surface area contributed by atoms with Gasteiger partial charge in [0.25, 0.3) is 0 Å². The van der Waals surface area contributed by atoms with Crippen molar-refractivity contribution in [2.24, 2.45) is 28.8 Å². The van der Waals surface area contributed by atoms with Crippen LogP contribution in [-0.4, -0.2) is 51.5 Å². The number of oxime groups is 1. The number of fused-ring (bicyclic) bond motifs is 3. The molecule has 0 unspecified atom stereocenters. The lowest BCUT2D eigenvalue weighted by Crippen LogP contribution is -2.54. The normalized spacial score (nSPS) is 33.7. The number of terminal acetylenes is 1. The molecule has 164 valence electrons. The van der Waals surface area contributed by atoms with E-state index in [1.807, 2.05) is 30.3 Å². The molecule has 6 atom stereocenters. The van der Waals surface area contributed by atoms with E-state index in [2.05, 4.69) is 11.1 Å². The molecule has 31 heavy (non-hydrogen) atoms. The third kappa shape index (κ3) is 4.10. The van der Waals surface area contributed by atoms with Gasteiger partial charge in [-0.2, -0.15) is 0 Å². The van der Waals surface area contributed by atoms with Gasteiger partial charge >= 0.3 is 0 Å². The molecular weight excluding hydrogens is 396 g/mol. The van der Waals surface area contributed by atoms with E-state index in [1.54, 1.807) is 0 Å². The number of hydrogen-bond acceptors (Lipinski definition) is 6. The fraction of sp³-hybridized carbons (Fsp3) is 0.542. The van der Waals surface area contributed by atoms with Crippen LogP contribution in [0.25, 0.3) is 0 Å². The van der Waals surface area contributed by atoms with Crippen molar-refractivity contribution in [3.63, 3.8) is 0 Å². The molecule has 3 aliphatic rings. The Morgan fingerprint density at radius 2 is 1.87 bits per heavy atom. The van der Waals surface area contributed by atoms with Crippen LogP contribution >= 0.6 is 0 Å². The number of carbonyl (C=O) groups excluding carboxylic acids is 2. The van der Waals surface area contributed by atoms with E-state index in [1.165, 1.54) is 4.90 Å². The van der Waals surface area contributed by atoms with Gasteiger partial charge in [-0.1, -0.05) is 35.5 Å². The van der Waals surface area contributed by atoms with Crippen molar-refractivity contribution in [3.05, 3.63) is 35.9 Å². The van der Waals surface area contributed by atoms with E-state index in [4.69, 9.17) is 11.3 Å². The minimum absolute atomic E-state index is 0.186. The average Bonchev–Trinajstić information content (AvgIpc) is 3.02. The van der Waals surface area contributed by atoms with Crippen molar-refractivity contribution in [1.82, 2.24) is 4.90 Å². The molecule has 1 heterocycles. The molecule has 2 saturated carbocycles. The summed E-state index contributed by atoms with van der Waals surface area (Å²) in [4.78, 5) is 33.1. The zero-order chi connectivity index (χ0) is 22.0. The Labute approximate surface area is 182 Å². The summed E-state index contributed by atoms with van der Waals surface area (Å²) < 4.78 is 0. The molecule has 1 saturated heterocycles. The summed E-state index contributed by atoms with van der Waals surface area (Å²) in [5, 5.41) is 25.5. The van der Waals surface area contributed by atoms with Crippen molar-refractivity contribution in [2.45, 2.75) is 50.9 Å². The van der Waals surface area contributed by atoms with Crippen LogP contribution in [0.3, 0.4) is 0 Å². The fourth-order valence-corrected chi connectivity index (χ4v) is 5.33. The van der Waals surface area contributed by atoms with Crippen LogP contribution in [0.5, 0.6) is 0 Å². The second-order valence-electron chi connectivity index (χ2n) is 8.63. The highest BCUT2D eigenvalue weighted by atomic mass is 16.6. The Hall–Kier alpha value is -2.69. The summed E-state index contributed by atoms with van der Waals surface area (Å²) in [6.45, 7) is 0.596. The highest BCUT2D eigenvalue weighted by Crippen LogP contribution is 2.49. The molecule has 7 heteroatoms. The molecule has 0 spiro atoms. The number of benzene rings is 1. The van der Waals surface area contributed by atoms with Crippen molar-refractivity contribution >= 4 is 17.5 Å². The summed E-state index contributed by atoms with van der Waals surface area (Å²) in [5.41, 5.74) is 1.54. The summed E-state index contributed by atoms with van der Waals surface area (Å²) in [6, 6.07) is 9.39. The van der Waals surface area contributed by atoms with E-state index in [0.29, 0.717) is 38.0 Å². The quantitative estimate of drug-likeness (QED) is 0.314. The van der Waals surface area contributed by atoms with E-state index in [0.717, 1.165) is 5.56 Å². The van der Waals surface area contributed by atoms with Gasteiger partial charge in [0, 0.05) is 24.7 Å². The predicted molar refractivity (Wildman–Crippen MR) is 113 cm³/mol. The lowest BCUT2D eigenvalue weighted by atomic mass is 9.60. The topological polar surface area (TPSA) is 99.4 Å². The number of nitrogens with zero attached hydrogens (tertiary/aromatic N) is 2. The van der Waals surface area contributed by atoms with E-state index in [9.17, 15) is 19.8 Å². The first kappa shape index (κ1) is 21.5. The largest absolute Gasteiger partial charge is 0.396 e. The third-order valence-corrected chi connectivity index (χ3v) is 6.79. The van der Waals surface area contributed by atoms with Crippen molar-refractivity contribution in [2.75, 3.05) is 6.61 Å². The second-order valence-corrected chi connectivity index (χ2v) is 8.63. The Bertz CT molecular complexity index is 893. The van der Waals surface area contributed by atoms with Gasteiger partial charge in [0.2, 0.25) is 11.8 Å². The molecule has 2 amide bonds. The molecule has 4 rings (SSSR count). The standard InChI is InChI=1S/C24H28N2O5/c1-2-3-7-12-31-25-18-13-19(27)22(28)20-16(18)10-11-17-21(20)24(30)26(23(17)29)14-15-8-5-4-6-9-15/h1,4-6,8-9,16-17,19-22,27-28H,3,7,10-14H2/t16-,17+,19+,20-,21+,22+/m0/s1. The summed E-state index contributed by atoms with van der Waals surface area (Å²) >= 11 is 0. The molecular formula is C24H28N2O5. The number of aliphatic hydroxyl groups is 2. The Balaban J connectivity index is 1.55. The lowest BCUT2D eigenvalue weighted by molar-refractivity contribution is -0.142. The first-order valence-corrected chi connectivity index (χ1v) is 10.9. The van der Waals surface area contributed by atoms with Crippen LogP contribution in [0.4, 0.5) is 0 Å². The van der Waals surface area contributed by atoms with Crippen LogP contribution in [0, 0.1) is 36.0 Å². The number of imide groups is 1. The Morgan fingerprint density at radius 3 is 2.61 bits per heavy atom. The third-order valence-electron chi connectivity index (χ3n) is 6.79. The second kappa shape index (κ2) is 9.21. The predicted octanol–water partition coefficient (Wildman–Crippen LogP) is 1.73. The number of carbonyl (C=O) groups is 2. The van der Waals surface area contributed by atoms with Crippen molar-refractivity contribution in [3.8, 4) is 12.3 Å². The molecule has 2 aliphatic carbocycles. The molecule has 1 aliphatic heterocycles. The minimum Gasteiger partial charge on any atom is -0.396 e. The fourth-order valence-electron chi connectivity index (χ4n) is 5.33. The highest BCUT2D eigenvalue weighted by Gasteiger charge is 2.59. The molecule has 0 radical (unpaired) electrons. The van der Waals surface area contributed by atoms with E-state index < -0.39 is 30.0 Å². The Kier molecular flexibility index (Phi) is 6.40. The van der Waals surface area contributed by atoms with Crippen LogP contribution in [0.15, 0.2) is 35.5 Å². The highest BCUT2D eigenvalue weighted by molar-refractivity contribution is 6.06. The van der Waals surface area contributed by atoms with E-state index in [-0.39, 0.29) is 30.7 Å². The van der Waals surface area contributed by atoms with Gasteiger partial charge in [-0.25, -0.2) is 0 Å². The van der Waals surface area contributed by atoms with Crippen molar-refractivity contribution < 1.29 is 24.6 Å². The van der Waals surface area contributed by atoms with Gasteiger partial charge in [0.15, 0.2) is 0 Å². The van der Waals surface area contributed by atoms with Crippen LogP contribution in [-0.2, 0) is 21.0 Å². The molecule has 0 bridgehead atoms. The van der Waals surface area contributed by atoms with Gasteiger partial charge in [-0.15, -0.1) is 12.3 Å². The summed E-state index contributed by atoms with van der Waals surface area (Å²) in [5.74, 6) is 0.239. The maximum Gasteiger partial charge on any atom is 0.233 e. The number of likely N-dealkylation sites (tertiary alicyclic amines) is 1. The smallest absolute Gasteiger partial charge is 0.233 e. The van der Waals surface area contributed by atoms with Gasteiger partial charge in [0.1, 0.15) is 6.61 Å². The SMILES string of the molecule is C#CCCCON=C1C[C@@H](O)[C@@H](O)[C@@H]2[C@@H]3C(=O)N(Cc4ccccc4)C(=O)[C@@H]3CC[C@@H]12. The number of amides is 2. The molecule has 2 N–H and O–H groups in total. The maximum absolute atomic E-state index is 13.3. The minimum atomic E-state index is -1.08. The zero-order valence-electron chi connectivity index (χ0n) is 17.4. The summed E-state index contributed by atoms with van der Waals surface area (Å²) in [6.07, 6.45) is 5.78. The Morgan fingerprint density at radius 1 is 1.13 bits per heavy atom. The van der Waals surface area contributed by atoms with Gasteiger partial charge < -0.3 is 15.1 Å². The van der Waals surface area contributed by atoms with E-state index >= 15 is 0 Å². The molecule has 1 aromatic rings. The molecule has 0 aromatic heterocycles. The van der Waals surface area contributed by atoms with Gasteiger partial charge in [-0.05, 0) is 24.8 Å². The van der Waals surface area contributed by atoms with Gasteiger partial charge in [-0.3, -0.25) is 14.5 Å². The number of aliphatic hydroxyl groups excluding tert-OH is 2. The average molecular weight is 424 g/mol. The maximum atomic E-state index is 13.3. The van der Waals surface area contributed by atoms with Crippen LogP contribution < -0.4 is 0 Å². The molecule has 3 fully saturated rings. The monoisotopic (exact) mass is 424 g/mol. The van der Waals surface area contributed by atoms with Gasteiger partial charge in [0.05, 0.1) is 36.3 Å². The lowest BCUT2D eigenvalue weighted by Gasteiger charge is -2.45. The molecule has 1 aromatic carbocycles. The zero-order valence-corrected chi connectivity index (χ0v) is 17.4. The van der Waals surface area contributed by atoms with Crippen LogP contribution in [0.2, 0.25) is 0 Å². The molecule has 7 nitrogen and oxygen atoms in total. The number of unbranched alkanes of at least 4 members (excludes halogenated alkanes) is 1. The summed E-state index contributed by atoms with van der Waals surface area (Å²) in [7, 11) is 0. The first-order chi connectivity index (χ1) is 15.0. The van der Waals surface area contributed by atoms with Crippen LogP contribution in [0.1, 0.15) is 37.7 Å².